The molecule has 0 spiro atoms. The predicted octanol–water partition coefficient (Wildman–Crippen LogP) is 3.03. The summed E-state index contributed by atoms with van der Waals surface area (Å²) < 4.78 is 0. The SMILES string of the molecule is Cc1cc(N(C=O)CCC2CCCCC2)nc(C)n1. The van der Waals surface area contributed by atoms with Crippen molar-refractivity contribution in [3.8, 4) is 0 Å². The first kappa shape index (κ1) is 14.0. The van der Waals surface area contributed by atoms with Crippen molar-refractivity contribution >= 4 is 12.2 Å². The van der Waals surface area contributed by atoms with Gasteiger partial charge in [0.2, 0.25) is 6.41 Å². The highest BCUT2D eigenvalue weighted by Gasteiger charge is 2.16. The highest BCUT2D eigenvalue weighted by atomic mass is 16.1. The Bertz CT molecular complexity index is 407. The van der Waals surface area contributed by atoms with Crippen molar-refractivity contribution in [1.82, 2.24) is 9.97 Å². The smallest absolute Gasteiger partial charge is 0.215 e. The van der Waals surface area contributed by atoms with Gasteiger partial charge in [0.15, 0.2) is 0 Å². The molecule has 0 atom stereocenters. The molecule has 0 aliphatic heterocycles. The van der Waals surface area contributed by atoms with Gasteiger partial charge in [0.05, 0.1) is 0 Å². The lowest BCUT2D eigenvalue weighted by Crippen LogP contribution is -2.26. The molecule has 104 valence electrons. The third-order valence-electron chi connectivity index (χ3n) is 3.88. The standard InChI is InChI=1S/C15H23N3O/c1-12-10-15(17-13(2)16-12)18(11-19)9-8-14-6-4-3-5-7-14/h10-11,14H,3-9H2,1-2H3. The zero-order valence-electron chi connectivity index (χ0n) is 11.9. The average molecular weight is 261 g/mol. The molecule has 1 aromatic rings. The summed E-state index contributed by atoms with van der Waals surface area (Å²) in [7, 11) is 0. The molecule has 1 aliphatic carbocycles. The summed E-state index contributed by atoms with van der Waals surface area (Å²) in [5.41, 5.74) is 0.909. The average Bonchev–Trinajstić information content (AvgIpc) is 2.39. The van der Waals surface area contributed by atoms with Crippen molar-refractivity contribution in [1.29, 1.82) is 0 Å². The minimum absolute atomic E-state index is 0.722. The minimum atomic E-state index is 0.722. The highest BCUT2D eigenvalue weighted by Crippen LogP contribution is 2.26. The van der Waals surface area contributed by atoms with Crippen molar-refractivity contribution in [2.75, 3.05) is 11.4 Å². The fraction of sp³-hybridized carbons (Fsp3) is 0.667. The van der Waals surface area contributed by atoms with Crippen LogP contribution >= 0.6 is 0 Å². The number of rotatable bonds is 5. The molecule has 1 amide bonds. The number of anilines is 1. The number of hydrogen-bond acceptors (Lipinski definition) is 3. The molecule has 0 saturated heterocycles. The molecule has 0 aromatic carbocycles. The van der Waals surface area contributed by atoms with Gasteiger partial charge in [-0.05, 0) is 26.2 Å². The lowest BCUT2D eigenvalue weighted by Gasteiger charge is -2.24. The summed E-state index contributed by atoms with van der Waals surface area (Å²) in [6.07, 6.45) is 8.67. The second-order valence-electron chi connectivity index (χ2n) is 5.51. The Morgan fingerprint density at radius 1 is 1.26 bits per heavy atom. The van der Waals surface area contributed by atoms with E-state index in [0.29, 0.717) is 0 Å². The van der Waals surface area contributed by atoms with E-state index in [4.69, 9.17) is 0 Å². The maximum Gasteiger partial charge on any atom is 0.215 e. The van der Waals surface area contributed by atoms with Gasteiger partial charge < -0.3 is 0 Å². The van der Waals surface area contributed by atoms with Gasteiger partial charge in [-0.2, -0.15) is 0 Å². The predicted molar refractivity (Wildman–Crippen MR) is 76.1 cm³/mol. The highest BCUT2D eigenvalue weighted by molar-refractivity contribution is 5.72. The third-order valence-corrected chi connectivity index (χ3v) is 3.88. The van der Waals surface area contributed by atoms with Crippen LogP contribution in [-0.4, -0.2) is 22.9 Å². The molecule has 0 radical (unpaired) electrons. The van der Waals surface area contributed by atoms with Crippen molar-refractivity contribution in [2.45, 2.75) is 52.4 Å². The van der Waals surface area contributed by atoms with Gasteiger partial charge in [-0.1, -0.05) is 32.1 Å². The maximum absolute atomic E-state index is 11.3. The Kier molecular flexibility index (Phi) is 4.88. The molecule has 1 aromatic heterocycles. The van der Waals surface area contributed by atoms with Crippen LogP contribution in [-0.2, 0) is 4.79 Å². The lowest BCUT2D eigenvalue weighted by atomic mass is 9.87. The van der Waals surface area contributed by atoms with Crippen LogP contribution in [0.4, 0.5) is 5.82 Å². The van der Waals surface area contributed by atoms with E-state index in [1.807, 2.05) is 19.9 Å². The van der Waals surface area contributed by atoms with Crippen molar-refractivity contribution in [2.24, 2.45) is 5.92 Å². The number of amides is 1. The minimum Gasteiger partial charge on any atom is -0.299 e. The van der Waals surface area contributed by atoms with Crippen LogP contribution in [0.5, 0.6) is 0 Å². The van der Waals surface area contributed by atoms with E-state index >= 15 is 0 Å². The van der Waals surface area contributed by atoms with E-state index in [9.17, 15) is 4.79 Å². The van der Waals surface area contributed by atoms with E-state index in [1.54, 1.807) is 4.90 Å². The Morgan fingerprint density at radius 2 is 2.00 bits per heavy atom. The lowest BCUT2D eigenvalue weighted by molar-refractivity contribution is -0.107. The van der Waals surface area contributed by atoms with E-state index in [-0.39, 0.29) is 0 Å². The summed E-state index contributed by atoms with van der Waals surface area (Å²) in [5, 5.41) is 0. The van der Waals surface area contributed by atoms with Crippen molar-refractivity contribution < 1.29 is 4.79 Å². The fourth-order valence-corrected chi connectivity index (χ4v) is 2.86. The van der Waals surface area contributed by atoms with Gasteiger partial charge >= 0.3 is 0 Å². The van der Waals surface area contributed by atoms with Gasteiger partial charge in [-0.25, -0.2) is 9.97 Å². The number of carbonyl (C=O) groups excluding carboxylic acids is 1. The van der Waals surface area contributed by atoms with Crippen LogP contribution < -0.4 is 4.90 Å². The second-order valence-corrected chi connectivity index (χ2v) is 5.51. The van der Waals surface area contributed by atoms with Gasteiger partial charge in [0.1, 0.15) is 11.6 Å². The van der Waals surface area contributed by atoms with Crippen molar-refractivity contribution in [3.63, 3.8) is 0 Å². The maximum atomic E-state index is 11.3. The number of hydrogen-bond donors (Lipinski definition) is 0. The zero-order valence-corrected chi connectivity index (χ0v) is 11.9. The zero-order chi connectivity index (χ0) is 13.7. The molecular weight excluding hydrogens is 238 g/mol. The normalized spacial score (nSPS) is 16.3. The Labute approximate surface area is 115 Å². The Hall–Kier alpha value is -1.45. The van der Waals surface area contributed by atoms with E-state index in [2.05, 4.69) is 9.97 Å². The topological polar surface area (TPSA) is 46.1 Å². The molecule has 1 aliphatic rings. The summed E-state index contributed by atoms with van der Waals surface area (Å²) >= 11 is 0. The van der Waals surface area contributed by atoms with Crippen LogP contribution in [0.25, 0.3) is 0 Å². The van der Waals surface area contributed by atoms with Crippen LogP contribution in [0.15, 0.2) is 6.07 Å². The number of aromatic nitrogens is 2. The Balaban J connectivity index is 1.96. The van der Waals surface area contributed by atoms with Gasteiger partial charge in [0, 0.05) is 18.3 Å². The molecular formula is C15H23N3O. The second kappa shape index (κ2) is 6.64. The third kappa shape index (κ3) is 4.01. The van der Waals surface area contributed by atoms with E-state index in [0.717, 1.165) is 42.6 Å². The monoisotopic (exact) mass is 261 g/mol. The van der Waals surface area contributed by atoms with E-state index < -0.39 is 0 Å². The number of aryl methyl sites for hydroxylation is 2. The molecule has 2 rings (SSSR count). The van der Waals surface area contributed by atoms with Gasteiger partial charge in [-0.3, -0.25) is 9.69 Å². The molecule has 4 heteroatoms. The van der Waals surface area contributed by atoms with Crippen molar-refractivity contribution in [3.05, 3.63) is 17.6 Å². The first-order valence-electron chi connectivity index (χ1n) is 7.23. The van der Waals surface area contributed by atoms with E-state index in [1.165, 1.54) is 32.1 Å². The summed E-state index contributed by atoms with van der Waals surface area (Å²) in [6, 6.07) is 1.88. The largest absolute Gasteiger partial charge is 0.299 e. The molecule has 0 unspecified atom stereocenters. The summed E-state index contributed by atoms with van der Waals surface area (Å²) in [5.74, 6) is 2.23. The number of carbonyl (C=O) groups is 1. The van der Waals surface area contributed by atoms with Gasteiger partial charge in [0.25, 0.3) is 0 Å². The molecule has 1 heterocycles. The van der Waals surface area contributed by atoms with Crippen LogP contribution in [0.1, 0.15) is 50.0 Å². The molecule has 0 bridgehead atoms. The first-order chi connectivity index (χ1) is 9.19. The quantitative estimate of drug-likeness (QED) is 0.765. The summed E-state index contributed by atoms with van der Waals surface area (Å²) in [6.45, 7) is 4.56. The van der Waals surface area contributed by atoms with Crippen LogP contribution in [0, 0.1) is 19.8 Å². The molecule has 1 fully saturated rings. The van der Waals surface area contributed by atoms with Crippen LogP contribution in [0.3, 0.4) is 0 Å². The molecule has 1 saturated carbocycles. The Morgan fingerprint density at radius 3 is 2.63 bits per heavy atom. The first-order valence-corrected chi connectivity index (χ1v) is 7.23. The van der Waals surface area contributed by atoms with Gasteiger partial charge in [-0.15, -0.1) is 0 Å². The molecule has 19 heavy (non-hydrogen) atoms. The molecule has 4 nitrogen and oxygen atoms in total. The fourth-order valence-electron chi connectivity index (χ4n) is 2.86. The molecule has 0 N–H and O–H groups in total. The van der Waals surface area contributed by atoms with Crippen LogP contribution in [0.2, 0.25) is 0 Å². The number of nitrogens with zero attached hydrogens (tertiary/aromatic N) is 3. The summed E-state index contributed by atoms with van der Waals surface area (Å²) in [4.78, 5) is 21.6.